The zero-order valence-corrected chi connectivity index (χ0v) is 61.6. The maximum Gasteiger partial charge on any atom is 3.00 e. The first-order valence-electron chi connectivity index (χ1n) is 36.2. The number of carboxylic acids is 4. The molecule has 0 amide bonds. The summed E-state index contributed by atoms with van der Waals surface area (Å²) in [6.07, 6.45) is 63.7. The predicted molar refractivity (Wildman–Crippen MR) is 350 cm³/mol. The van der Waals surface area contributed by atoms with Gasteiger partial charge >= 0.3 is 68.7 Å². The Labute approximate surface area is 584 Å². The van der Waals surface area contributed by atoms with Crippen LogP contribution < -0.4 is 71.8 Å². The second-order valence-electron chi connectivity index (χ2n) is 25.0. The normalized spacial score (nSPS) is 12.2. The Bertz CT molecular complexity index is 1120. The van der Waals surface area contributed by atoms with Gasteiger partial charge in [-0.15, -0.1) is 0 Å². The zero-order valence-electron chi connectivity index (χ0n) is 57.4. The smallest absolute Gasteiger partial charge is 0.550 e. The average Bonchev–Trinajstić information content (AvgIpc) is 3.45. The summed E-state index contributed by atoms with van der Waals surface area (Å²) in [5.41, 5.74) is 0. The number of aliphatic hydroxyl groups is 4. The van der Waals surface area contributed by atoms with E-state index in [-0.39, 0.29) is 119 Å². The van der Waals surface area contributed by atoms with Gasteiger partial charge in [0, 0.05) is 23.9 Å². The fourth-order valence-electron chi connectivity index (χ4n) is 10.6. The van der Waals surface area contributed by atoms with Crippen LogP contribution in [0.15, 0.2) is 0 Å². The van der Waals surface area contributed by atoms with Crippen LogP contribution in [-0.4, -0.2) is 86.1 Å². The zero-order chi connectivity index (χ0) is 63.0. The number of aliphatic carboxylic acids is 4. The SMILES string of the molecule is CCCCCCC(O)CCCCCCCCCCC(=O)[O-].CCCCCCC(O)CCCCCCCCCCC(=O)[O-].CCCCCCC(O)CCCCCCCCCCC(=O)[O-].CCCCCCC(O)CCCCCCCCCCC(=O)[O-].[Al+3].[K+]. The van der Waals surface area contributed by atoms with Gasteiger partial charge in [-0.2, -0.15) is 0 Å². The van der Waals surface area contributed by atoms with E-state index in [9.17, 15) is 60.0 Å². The van der Waals surface area contributed by atoms with Crippen molar-refractivity contribution in [2.24, 2.45) is 0 Å². The van der Waals surface area contributed by atoms with Crippen LogP contribution in [0.2, 0.25) is 0 Å². The summed E-state index contributed by atoms with van der Waals surface area (Å²) < 4.78 is 0. The number of carbonyl (C=O) groups is 4. The standard InChI is InChI=1S/4C18H36O3.Al.K/c4*1-2-3-4-11-14-17(19)15-12-9-7-5-6-8-10-13-16-18(20)21;;/h4*17,19H,2-16H2,1H3,(H,20,21);;/q;;;;+3;+1/p-4. The van der Waals surface area contributed by atoms with Gasteiger partial charge in [-0.3, -0.25) is 0 Å². The molecule has 14 heteroatoms. The van der Waals surface area contributed by atoms with Gasteiger partial charge in [0.15, 0.2) is 0 Å². The molecular formula is C72H140AlKO12. The molecule has 0 spiro atoms. The first-order chi connectivity index (χ1) is 40.7. The topological polar surface area (TPSA) is 241 Å². The van der Waals surface area contributed by atoms with E-state index in [0.717, 1.165) is 154 Å². The van der Waals surface area contributed by atoms with E-state index >= 15 is 0 Å². The van der Waals surface area contributed by atoms with Crippen molar-refractivity contribution in [1.29, 1.82) is 0 Å². The molecule has 0 radical (unpaired) electrons. The van der Waals surface area contributed by atoms with E-state index < -0.39 is 23.9 Å². The second kappa shape index (κ2) is 84.9. The summed E-state index contributed by atoms with van der Waals surface area (Å²) in [5, 5.41) is 80.3. The third kappa shape index (κ3) is 100. The van der Waals surface area contributed by atoms with Crippen molar-refractivity contribution in [1.82, 2.24) is 0 Å². The van der Waals surface area contributed by atoms with Gasteiger partial charge in [0.2, 0.25) is 0 Å². The maximum atomic E-state index is 10.2. The fraction of sp³-hybridized carbons (Fsp3) is 0.944. The summed E-state index contributed by atoms with van der Waals surface area (Å²) in [6, 6.07) is 0. The van der Waals surface area contributed by atoms with Crippen molar-refractivity contribution >= 4 is 41.2 Å². The number of hydrogen-bond acceptors (Lipinski definition) is 12. The Balaban J connectivity index is -0.000000246. The molecule has 0 aliphatic heterocycles. The number of hydrogen-bond donors (Lipinski definition) is 4. The molecule has 0 aliphatic carbocycles. The van der Waals surface area contributed by atoms with Gasteiger partial charge in [-0.05, 0) is 103 Å². The number of rotatable bonds is 64. The van der Waals surface area contributed by atoms with Crippen molar-refractivity contribution in [3.8, 4) is 0 Å². The Hall–Kier alpha value is -0.111. The minimum absolute atomic E-state index is 0. The molecule has 12 nitrogen and oxygen atoms in total. The molecule has 0 saturated heterocycles. The van der Waals surface area contributed by atoms with Gasteiger partial charge in [0.1, 0.15) is 0 Å². The summed E-state index contributed by atoms with van der Waals surface area (Å²) in [7, 11) is 0. The molecule has 0 saturated carbocycles. The molecule has 4 unspecified atom stereocenters. The Morgan fingerprint density at radius 1 is 0.221 bits per heavy atom. The summed E-state index contributed by atoms with van der Waals surface area (Å²) in [6.45, 7) is 8.83. The van der Waals surface area contributed by atoms with Crippen molar-refractivity contribution in [3.63, 3.8) is 0 Å². The van der Waals surface area contributed by atoms with E-state index in [1.807, 2.05) is 0 Å². The average molecular weight is 1260 g/mol. The fourth-order valence-corrected chi connectivity index (χ4v) is 10.6. The largest absolute Gasteiger partial charge is 3.00 e. The third-order valence-corrected chi connectivity index (χ3v) is 16.2. The molecule has 504 valence electrons. The van der Waals surface area contributed by atoms with Crippen LogP contribution >= 0.6 is 0 Å². The second-order valence-corrected chi connectivity index (χ2v) is 25.0. The van der Waals surface area contributed by atoms with Gasteiger partial charge in [0.25, 0.3) is 0 Å². The van der Waals surface area contributed by atoms with E-state index in [1.165, 1.54) is 205 Å². The predicted octanol–water partition coefficient (Wildman–Crippen LogP) is 12.5. The molecular weight excluding hydrogens is 1120 g/mol. The minimum atomic E-state index is -0.928. The maximum absolute atomic E-state index is 10.2. The van der Waals surface area contributed by atoms with E-state index in [2.05, 4.69) is 27.7 Å². The molecule has 4 N–H and O–H groups in total. The van der Waals surface area contributed by atoms with Crippen LogP contribution in [0.4, 0.5) is 0 Å². The summed E-state index contributed by atoms with van der Waals surface area (Å²) >= 11 is 0. The van der Waals surface area contributed by atoms with Crippen LogP contribution in [0.5, 0.6) is 0 Å². The molecule has 0 heterocycles. The Kier molecular flexibility index (Phi) is 95.7. The summed E-state index contributed by atoms with van der Waals surface area (Å²) in [4.78, 5) is 40.9. The van der Waals surface area contributed by atoms with Crippen LogP contribution in [0, 0.1) is 0 Å². The number of unbranched alkanes of at least 4 members (excludes halogenated alkanes) is 40. The molecule has 0 rings (SSSR count). The summed E-state index contributed by atoms with van der Waals surface area (Å²) in [5.74, 6) is -3.71. The number of carboxylic acid groups (broad SMARTS) is 4. The molecule has 0 aromatic heterocycles. The van der Waals surface area contributed by atoms with Gasteiger partial charge in [0.05, 0.1) is 24.4 Å². The number of aliphatic hydroxyl groups excluding tert-OH is 4. The van der Waals surface area contributed by atoms with Gasteiger partial charge in [-0.25, -0.2) is 0 Å². The molecule has 0 bridgehead atoms. The number of carbonyl (C=O) groups excluding carboxylic acids is 4. The first-order valence-corrected chi connectivity index (χ1v) is 36.2. The molecule has 0 aromatic rings. The Morgan fingerprint density at radius 3 is 0.442 bits per heavy atom. The van der Waals surface area contributed by atoms with Gasteiger partial charge < -0.3 is 60.0 Å². The van der Waals surface area contributed by atoms with Crippen molar-refractivity contribution in [3.05, 3.63) is 0 Å². The van der Waals surface area contributed by atoms with Crippen molar-refractivity contribution in [2.45, 2.75) is 437 Å². The molecule has 4 atom stereocenters. The third-order valence-electron chi connectivity index (χ3n) is 16.2. The first kappa shape index (κ1) is 97.0. The molecule has 0 aliphatic rings. The molecule has 0 aromatic carbocycles. The van der Waals surface area contributed by atoms with Crippen LogP contribution in [0.25, 0.3) is 0 Å². The quantitative estimate of drug-likeness (QED) is 0.0328. The van der Waals surface area contributed by atoms with Crippen LogP contribution in [0.3, 0.4) is 0 Å². The minimum Gasteiger partial charge on any atom is -0.550 e. The van der Waals surface area contributed by atoms with Crippen LogP contribution in [0.1, 0.15) is 413 Å². The monoisotopic (exact) mass is 1260 g/mol. The van der Waals surface area contributed by atoms with Crippen molar-refractivity contribution < 1.29 is 111 Å². The molecule has 86 heavy (non-hydrogen) atoms. The van der Waals surface area contributed by atoms with E-state index in [0.29, 0.717) is 0 Å². The van der Waals surface area contributed by atoms with Crippen molar-refractivity contribution in [2.75, 3.05) is 0 Å². The Morgan fingerprint density at radius 2 is 0.326 bits per heavy atom. The van der Waals surface area contributed by atoms with Gasteiger partial charge in [-0.1, -0.05) is 310 Å². The van der Waals surface area contributed by atoms with E-state index in [1.54, 1.807) is 0 Å². The molecule has 0 fully saturated rings. The van der Waals surface area contributed by atoms with E-state index in [4.69, 9.17) is 0 Å². The van der Waals surface area contributed by atoms with Crippen LogP contribution in [-0.2, 0) is 19.2 Å².